The van der Waals surface area contributed by atoms with Crippen LogP contribution < -0.4 is 9.47 Å². The van der Waals surface area contributed by atoms with Crippen LogP contribution in [0.25, 0.3) is 0 Å². The van der Waals surface area contributed by atoms with E-state index in [2.05, 4.69) is 55.5 Å². The molecule has 3 atom stereocenters. The van der Waals surface area contributed by atoms with Gasteiger partial charge in [0.05, 0.1) is 17.2 Å². The summed E-state index contributed by atoms with van der Waals surface area (Å²) in [6.45, 7) is 12.6. The summed E-state index contributed by atoms with van der Waals surface area (Å²) >= 11 is 3.47. The summed E-state index contributed by atoms with van der Waals surface area (Å²) in [5.41, 5.74) is 1.28. The van der Waals surface area contributed by atoms with E-state index in [0.29, 0.717) is 23.8 Å². The van der Waals surface area contributed by atoms with Gasteiger partial charge in [0.15, 0.2) is 0 Å². The fraction of sp³-hybridized carbons (Fsp3) is 0.591. The minimum absolute atomic E-state index is 0.0446. The molecule has 0 spiro atoms. The predicted molar refractivity (Wildman–Crippen MR) is 120 cm³/mol. The summed E-state index contributed by atoms with van der Waals surface area (Å²) in [5.74, 6) is 1.22. The first-order chi connectivity index (χ1) is 12.8. The monoisotopic (exact) mass is 468 g/mol. The Morgan fingerprint density at radius 3 is 2.50 bits per heavy atom. The van der Waals surface area contributed by atoms with Gasteiger partial charge in [0.25, 0.3) is 0 Å². The van der Waals surface area contributed by atoms with Crippen LogP contribution in [-0.2, 0) is 11.2 Å². The lowest BCUT2D eigenvalue weighted by molar-refractivity contribution is -0.131. The first-order valence-electron chi connectivity index (χ1n) is 9.80. The molecule has 4 nitrogen and oxygen atoms in total. The van der Waals surface area contributed by atoms with Gasteiger partial charge in [0.2, 0.25) is 0 Å². The molecule has 1 aromatic rings. The van der Waals surface area contributed by atoms with Crippen LogP contribution in [0.2, 0.25) is 25.7 Å². The van der Waals surface area contributed by atoms with Gasteiger partial charge < -0.3 is 14.6 Å². The smallest absolute Gasteiger partial charge is 0.308 e. The van der Waals surface area contributed by atoms with Crippen LogP contribution in [0, 0.1) is 11.8 Å². The van der Waals surface area contributed by atoms with E-state index >= 15 is 0 Å². The van der Waals surface area contributed by atoms with Crippen molar-refractivity contribution < 1.29 is 19.4 Å². The van der Waals surface area contributed by atoms with E-state index in [-0.39, 0.29) is 11.9 Å². The number of carbonyl (C=O) groups excluding carboxylic acids is 1. The first-order valence-corrected chi connectivity index (χ1v) is 14.3. The highest BCUT2D eigenvalue weighted by molar-refractivity contribution is 9.10. The van der Waals surface area contributed by atoms with Crippen molar-refractivity contribution in [2.45, 2.75) is 64.9 Å². The molecule has 0 amide bonds. The maximum atomic E-state index is 11.7. The zero-order valence-corrected chi connectivity index (χ0v) is 20.6. The van der Waals surface area contributed by atoms with E-state index in [1.54, 1.807) is 13.2 Å². The molecule has 6 heteroatoms. The summed E-state index contributed by atoms with van der Waals surface area (Å²) < 4.78 is 11.7. The standard InChI is InChI=1S/C22H33BrO4Si/c1-14-8-15(2)18(22(25,12-14)13-28(5,6)7)9-17-10-21(26-4)19(23)11-20(17)27-16(3)24/h10-12,15,18,25H,8-9,13H2,1-7H3/t15-,18+,22?/m1/s1. The number of esters is 1. The van der Waals surface area contributed by atoms with Crippen molar-refractivity contribution >= 4 is 30.0 Å². The highest BCUT2D eigenvalue weighted by atomic mass is 79.9. The molecule has 0 radical (unpaired) electrons. The molecule has 0 fully saturated rings. The van der Waals surface area contributed by atoms with Crippen molar-refractivity contribution in [1.29, 1.82) is 0 Å². The second-order valence-corrected chi connectivity index (χ2v) is 15.7. The number of hydrogen-bond donors (Lipinski definition) is 1. The van der Waals surface area contributed by atoms with E-state index in [1.807, 2.05) is 6.07 Å². The first kappa shape index (κ1) is 23.2. The Balaban J connectivity index is 2.49. The molecule has 1 aliphatic rings. The van der Waals surface area contributed by atoms with Gasteiger partial charge in [-0.15, -0.1) is 0 Å². The molecule has 1 aliphatic carbocycles. The van der Waals surface area contributed by atoms with E-state index in [9.17, 15) is 9.90 Å². The second-order valence-electron chi connectivity index (χ2n) is 9.40. The average molecular weight is 469 g/mol. The van der Waals surface area contributed by atoms with Crippen molar-refractivity contribution in [3.05, 3.63) is 33.8 Å². The fourth-order valence-electron chi connectivity index (χ4n) is 4.53. The summed E-state index contributed by atoms with van der Waals surface area (Å²) in [4.78, 5) is 11.6. The van der Waals surface area contributed by atoms with Gasteiger partial charge in [-0.25, -0.2) is 0 Å². The van der Waals surface area contributed by atoms with Gasteiger partial charge in [-0.3, -0.25) is 4.79 Å². The molecule has 0 bridgehead atoms. The molecule has 156 valence electrons. The van der Waals surface area contributed by atoms with Crippen LogP contribution in [0.5, 0.6) is 11.5 Å². The molecule has 1 N–H and O–H groups in total. The number of hydrogen-bond acceptors (Lipinski definition) is 4. The number of methoxy groups -OCH3 is 1. The van der Waals surface area contributed by atoms with E-state index in [0.717, 1.165) is 22.5 Å². The largest absolute Gasteiger partial charge is 0.496 e. The van der Waals surface area contributed by atoms with Crippen molar-refractivity contribution in [3.8, 4) is 11.5 Å². The Morgan fingerprint density at radius 2 is 1.96 bits per heavy atom. The third kappa shape index (κ3) is 5.71. The van der Waals surface area contributed by atoms with Gasteiger partial charge in [0, 0.05) is 15.0 Å². The minimum atomic E-state index is -1.51. The van der Waals surface area contributed by atoms with Gasteiger partial charge in [-0.05, 0) is 71.3 Å². The Bertz CT molecular complexity index is 769. The number of rotatable bonds is 6. The van der Waals surface area contributed by atoms with Gasteiger partial charge in [-0.2, -0.15) is 0 Å². The highest BCUT2D eigenvalue weighted by Gasteiger charge is 2.44. The summed E-state index contributed by atoms with van der Waals surface area (Å²) in [6, 6.07) is 4.50. The molecule has 0 aromatic heterocycles. The van der Waals surface area contributed by atoms with Gasteiger partial charge in [-0.1, -0.05) is 38.2 Å². The molecule has 0 heterocycles. The van der Waals surface area contributed by atoms with Crippen molar-refractivity contribution in [1.82, 2.24) is 0 Å². The Morgan fingerprint density at radius 1 is 1.32 bits per heavy atom. The third-order valence-electron chi connectivity index (χ3n) is 5.31. The maximum Gasteiger partial charge on any atom is 0.308 e. The number of halogens is 1. The lowest BCUT2D eigenvalue weighted by Gasteiger charge is -2.44. The lowest BCUT2D eigenvalue weighted by atomic mass is 9.69. The molecule has 0 saturated heterocycles. The van der Waals surface area contributed by atoms with Crippen LogP contribution in [-0.4, -0.2) is 31.9 Å². The Kier molecular flexibility index (Phi) is 7.21. The second kappa shape index (κ2) is 8.72. The zero-order valence-electron chi connectivity index (χ0n) is 18.1. The Hall–Kier alpha value is -1.11. The zero-order chi connectivity index (χ0) is 21.3. The lowest BCUT2D eigenvalue weighted by Crippen LogP contribution is -2.48. The predicted octanol–water partition coefficient (Wildman–Crippen LogP) is 5.60. The minimum Gasteiger partial charge on any atom is -0.496 e. The highest BCUT2D eigenvalue weighted by Crippen LogP contribution is 2.45. The van der Waals surface area contributed by atoms with Gasteiger partial charge >= 0.3 is 5.97 Å². The average Bonchev–Trinajstić information content (AvgIpc) is 2.49. The number of allylic oxidation sites excluding steroid dienone is 1. The maximum absolute atomic E-state index is 11.7. The van der Waals surface area contributed by atoms with Crippen LogP contribution in [0.1, 0.15) is 32.8 Å². The van der Waals surface area contributed by atoms with Crippen molar-refractivity contribution in [2.75, 3.05) is 7.11 Å². The number of benzene rings is 1. The van der Waals surface area contributed by atoms with Crippen LogP contribution in [0.15, 0.2) is 28.3 Å². The van der Waals surface area contributed by atoms with E-state index in [4.69, 9.17) is 9.47 Å². The van der Waals surface area contributed by atoms with Gasteiger partial charge in [0.1, 0.15) is 11.5 Å². The quantitative estimate of drug-likeness (QED) is 0.255. The summed E-state index contributed by atoms with van der Waals surface area (Å²) in [7, 11) is 0.103. The molecule has 28 heavy (non-hydrogen) atoms. The molecule has 0 aliphatic heterocycles. The third-order valence-corrected chi connectivity index (χ3v) is 7.56. The molecular weight excluding hydrogens is 436 g/mol. The van der Waals surface area contributed by atoms with Crippen LogP contribution in [0.3, 0.4) is 0 Å². The van der Waals surface area contributed by atoms with E-state index < -0.39 is 13.7 Å². The fourth-order valence-corrected chi connectivity index (χ4v) is 7.07. The van der Waals surface area contributed by atoms with Crippen molar-refractivity contribution in [2.24, 2.45) is 11.8 Å². The summed E-state index contributed by atoms with van der Waals surface area (Å²) in [6.07, 6.45) is 3.67. The number of carbonyl (C=O) groups is 1. The van der Waals surface area contributed by atoms with Crippen molar-refractivity contribution in [3.63, 3.8) is 0 Å². The van der Waals surface area contributed by atoms with Crippen LogP contribution in [0.4, 0.5) is 0 Å². The topological polar surface area (TPSA) is 55.8 Å². The van der Waals surface area contributed by atoms with E-state index in [1.165, 1.54) is 12.5 Å². The Labute approximate surface area is 178 Å². The molecule has 1 unspecified atom stereocenters. The van der Waals surface area contributed by atoms with Crippen LogP contribution >= 0.6 is 15.9 Å². The normalized spacial score (nSPS) is 25.2. The number of aliphatic hydroxyl groups is 1. The SMILES string of the molecule is COc1cc(C[C@H]2[C@H](C)CC(C)=CC2(O)C[Si](C)(C)C)c(OC(C)=O)cc1Br. The molecule has 2 rings (SSSR count). The number of ether oxygens (including phenoxy) is 2. The molecule has 1 aromatic carbocycles. The molecular formula is C22H33BrO4Si. The summed E-state index contributed by atoms with van der Waals surface area (Å²) in [5, 5.41) is 11.7. The molecule has 0 saturated carbocycles.